The summed E-state index contributed by atoms with van der Waals surface area (Å²) < 4.78 is 32.1. The van der Waals surface area contributed by atoms with Crippen LogP contribution in [-0.4, -0.2) is 61.5 Å². The van der Waals surface area contributed by atoms with Crippen molar-refractivity contribution in [3.63, 3.8) is 0 Å². The van der Waals surface area contributed by atoms with E-state index < -0.39 is 40.0 Å². The SMILES string of the molecule is C[C@H](O)[C@H](NS(=O)(=O)c1ccc(Cl)cc1)C(=O)OCCN1C(=O)c2ccccc2C1=O. The van der Waals surface area contributed by atoms with Crippen molar-refractivity contribution in [1.82, 2.24) is 9.62 Å². The monoisotopic (exact) mass is 466 g/mol. The molecular weight excluding hydrogens is 448 g/mol. The molecule has 9 nitrogen and oxygen atoms in total. The summed E-state index contributed by atoms with van der Waals surface area (Å²) in [6, 6.07) is 9.95. The first kappa shape index (κ1) is 22.9. The van der Waals surface area contributed by atoms with E-state index in [1.54, 1.807) is 12.1 Å². The first-order valence-corrected chi connectivity index (χ1v) is 11.1. The number of hydrogen-bond acceptors (Lipinski definition) is 7. The summed E-state index contributed by atoms with van der Waals surface area (Å²) in [5.41, 5.74) is 0.521. The van der Waals surface area contributed by atoms with Crippen LogP contribution in [-0.2, 0) is 19.6 Å². The summed E-state index contributed by atoms with van der Waals surface area (Å²) in [5.74, 6) is -2.07. The second kappa shape index (κ2) is 9.15. The predicted octanol–water partition coefficient (Wildman–Crippen LogP) is 1.21. The number of halogens is 1. The molecule has 164 valence electrons. The van der Waals surface area contributed by atoms with Gasteiger partial charge in [-0.15, -0.1) is 0 Å². The molecule has 11 heteroatoms. The maximum Gasteiger partial charge on any atom is 0.326 e. The molecule has 0 unspecified atom stereocenters. The molecule has 2 aromatic rings. The number of benzene rings is 2. The van der Waals surface area contributed by atoms with E-state index in [0.717, 1.165) is 4.90 Å². The van der Waals surface area contributed by atoms with Crippen LogP contribution < -0.4 is 4.72 Å². The lowest BCUT2D eigenvalue weighted by atomic mass is 10.1. The van der Waals surface area contributed by atoms with Gasteiger partial charge in [0.05, 0.1) is 28.7 Å². The third-order valence-electron chi connectivity index (χ3n) is 4.58. The number of aliphatic hydroxyl groups is 1. The normalized spacial score (nSPS) is 15.5. The fraction of sp³-hybridized carbons (Fsp3) is 0.250. The lowest BCUT2D eigenvalue weighted by Gasteiger charge is -2.21. The Kier molecular flexibility index (Phi) is 6.75. The number of hydrogen-bond donors (Lipinski definition) is 2. The van der Waals surface area contributed by atoms with Gasteiger partial charge in [0.1, 0.15) is 12.6 Å². The molecular formula is C20H19ClN2O7S. The summed E-state index contributed by atoms with van der Waals surface area (Å²) in [7, 11) is -4.15. The largest absolute Gasteiger partial charge is 0.463 e. The van der Waals surface area contributed by atoms with Crippen molar-refractivity contribution < 1.29 is 32.6 Å². The van der Waals surface area contributed by atoms with E-state index in [0.29, 0.717) is 5.02 Å². The van der Waals surface area contributed by atoms with E-state index in [1.807, 2.05) is 0 Å². The Hall–Kier alpha value is -2.79. The second-order valence-electron chi connectivity index (χ2n) is 6.77. The third-order valence-corrected chi connectivity index (χ3v) is 6.29. The smallest absolute Gasteiger partial charge is 0.326 e. The number of ether oxygens (including phenoxy) is 1. The minimum absolute atomic E-state index is 0.152. The van der Waals surface area contributed by atoms with E-state index in [9.17, 15) is 27.9 Å². The van der Waals surface area contributed by atoms with Crippen molar-refractivity contribution in [1.29, 1.82) is 0 Å². The van der Waals surface area contributed by atoms with Crippen LogP contribution in [0.15, 0.2) is 53.4 Å². The molecule has 0 spiro atoms. The van der Waals surface area contributed by atoms with Crippen LogP contribution in [0.4, 0.5) is 0 Å². The summed E-state index contributed by atoms with van der Waals surface area (Å²) in [5, 5.41) is 10.2. The molecule has 2 aromatic carbocycles. The van der Waals surface area contributed by atoms with Crippen LogP contribution in [0.3, 0.4) is 0 Å². The lowest BCUT2D eigenvalue weighted by Crippen LogP contribution is -2.48. The van der Waals surface area contributed by atoms with E-state index in [4.69, 9.17) is 16.3 Å². The van der Waals surface area contributed by atoms with E-state index in [-0.39, 0.29) is 29.2 Å². The molecule has 0 bridgehead atoms. The Labute approximate surface area is 183 Å². The highest BCUT2D eigenvalue weighted by Crippen LogP contribution is 2.22. The van der Waals surface area contributed by atoms with Crippen molar-refractivity contribution in [3.05, 3.63) is 64.7 Å². The molecule has 3 rings (SSSR count). The number of aliphatic hydroxyl groups excluding tert-OH is 1. The summed E-state index contributed by atoms with van der Waals surface area (Å²) in [4.78, 5) is 37.8. The fourth-order valence-corrected chi connectivity index (χ4v) is 4.35. The molecule has 31 heavy (non-hydrogen) atoms. The van der Waals surface area contributed by atoms with Crippen LogP contribution in [0.5, 0.6) is 0 Å². The number of rotatable bonds is 8. The molecule has 2 N–H and O–H groups in total. The van der Waals surface area contributed by atoms with Crippen molar-refractivity contribution in [2.45, 2.75) is 24.0 Å². The molecule has 1 heterocycles. The quantitative estimate of drug-likeness (QED) is 0.441. The van der Waals surface area contributed by atoms with Gasteiger partial charge in [-0.3, -0.25) is 19.3 Å². The van der Waals surface area contributed by atoms with Gasteiger partial charge in [-0.2, -0.15) is 4.72 Å². The first-order chi connectivity index (χ1) is 14.6. The Balaban J connectivity index is 1.62. The van der Waals surface area contributed by atoms with E-state index >= 15 is 0 Å². The lowest BCUT2D eigenvalue weighted by molar-refractivity contribution is -0.148. The zero-order valence-electron chi connectivity index (χ0n) is 16.3. The molecule has 2 atom stereocenters. The number of esters is 1. The molecule has 0 fully saturated rings. The number of amides is 2. The standard InChI is InChI=1S/C20H19ClN2O7S/c1-12(24)17(22-31(28,29)14-8-6-13(21)7-9-14)20(27)30-11-10-23-18(25)15-4-2-3-5-16(15)19(23)26/h2-9,12,17,22,24H,10-11H2,1H3/t12-,17-/m0/s1. The topological polar surface area (TPSA) is 130 Å². The number of carbonyl (C=O) groups excluding carboxylic acids is 3. The summed E-state index contributed by atoms with van der Waals surface area (Å²) in [6.07, 6.45) is -1.41. The highest BCUT2D eigenvalue weighted by atomic mass is 35.5. The molecule has 0 saturated carbocycles. The number of nitrogens with zero attached hydrogens (tertiary/aromatic N) is 1. The molecule has 0 aromatic heterocycles. The molecule has 1 aliphatic rings. The van der Waals surface area contributed by atoms with Crippen LogP contribution >= 0.6 is 11.6 Å². The van der Waals surface area contributed by atoms with Crippen LogP contribution in [0.2, 0.25) is 5.02 Å². The molecule has 0 radical (unpaired) electrons. The Morgan fingerprint density at radius 3 is 2.16 bits per heavy atom. The fourth-order valence-electron chi connectivity index (χ4n) is 2.96. The predicted molar refractivity (Wildman–Crippen MR) is 110 cm³/mol. The molecule has 1 aliphatic heterocycles. The number of imide groups is 1. The summed E-state index contributed by atoms with van der Waals surface area (Å²) in [6.45, 7) is 0.644. The molecule has 0 aliphatic carbocycles. The number of sulfonamides is 1. The van der Waals surface area contributed by atoms with Gasteiger partial charge < -0.3 is 9.84 Å². The summed E-state index contributed by atoms with van der Waals surface area (Å²) >= 11 is 5.75. The van der Waals surface area contributed by atoms with Gasteiger partial charge in [-0.05, 0) is 43.3 Å². The van der Waals surface area contributed by atoms with Gasteiger partial charge in [0.15, 0.2) is 0 Å². The first-order valence-electron chi connectivity index (χ1n) is 9.19. The average molecular weight is 467 g/mol. The zero-order chi connectivity index (χ0) is 22.8. The van der Waals surface area contributed by atoms with Gasteiger partial charge >= 0.3 is 5.97 Å². The van der Waals surface area contributed by atoms with Crippen molar-refractivity contribution in [2.24, 2.45) is 0 Å². The van der Waals surface area contributed by atoms with E-state index in [2.05, 4.69) is 4.72 Å². The van der Waals surface area contributed by atoms with Crippen molar-refractivity contribution in [3.8, 4) is 0 Å². The van der Waals surface area contributed by atoms with E-state index in [1.165, 1.54) is 43.3 Å². The molecule has 2 amide bonds. The maximum atomic E-state index is 12.5. The van der Waals surface area contributed by atoms with Crippen molar-refractivity contribution >= 4 is 39.4 Å². The van der Waals surface area contributed by atoms with Crippen LogP contribution in [0.25, 0.3) is 0 Å². The second-order valence-corrected chi connectivity index (χ2v) is 8.92. The highest BCUT2D eigenvalue weighted by molar-refractivity contribution is 7.89. The van der Waals surface area contributed by atoms with Gasteiger partial charge in [-0.25, -0.2) is 8.42 Å². The zero-order valence-corrected chi connectivity index (χ0v) is 17.9. The Morgan fingerprint density at radius 2 is 1.65 bits per heavy atom. The van der Waals surface area contributed by atoms with Crippen LogP contribution in [0, 0.1) is 0 Å². The number of nitrogens with one attached hydrogen (secondary N) is 1. The Morgan fingerprint density at radius 1 is 1.10 bits per heavy atom. The van der Waals surface area contributed by atoms with Gasteiger partial charge in [0.2, 0.25) is 10.0 Å². The van der Waals surface area contributed by atoms with Gasteiger partial charge in [0.25, 0.3) is 11.8 Å². The molecule has 0 saturated heterocycles. The number of fused-ring (bicyclic) bond motifs is 1. The third kappa shape index (κ3) is 4.93. The van der Waals surface area contributed by atoms with Gasteiger partial charge in [0, 0.05) is 5.02 Å². The van der Waals surface area contributed by atoms with Crippen molar-refractivity contribution in [2.75, 3.05) is 13.2 Å². The van der Waals surface area contributed by atoms with Gasteiger partial charge in [-0.1, -0.05) is 23.7 Å². The Bertz CT molecular complexity index is 1080. The maximum absolute atomic E-state index is 12.5. The average Bonchev–Trinajstić information content (AvgIpc) is 2.97. The minimum atomic E-state index is -4.15. The number of carbonyl (C=O) groups is 3. The highest BCUT2D eigenvalue weighted by Gasteiger charge is 2.36. The minimum Gasteiger partial charge on any atom is -0.463 e. The van der Waals surface area contributed by atoms with Crippen LogP contribution in [0.1, 0.15) is 27.6 Å².